The lowest BCUT2D eigenvalue weighted by Gasteiger charge is -2.21. The van der Waals surface area contributed by atoms with Gasteiger partial charge in [0, 0.05) is 11.8 Å². The Kier molecular flexibility index (Phi) is 4.94. The summed E-state index contributed by atoms with van der Waals surface area (Å²) in [6.45, 7) is 0. The summed E-state index contributed by atoms with van der Waals surface area (Å²) in [5.74, 6) is 3.48. The van der Waals surface area contributed by atoms with E-state index in [-0.39, 0.29) is 0 Å². The Morgan fingerprint density at radius 3 is 2.57 bits per heavy atom. The van der Waals surface area contributed by atoms with Gasteiger partial charge < -0.3 is 20.5 Å². The van der Waals surface area contributed by atoms with Crippen LogP contribution in [0.5, 0.6) is 11.5 Å². The van der Waals surface area contributed by atoms with Crippen LogP contribution >= 0.6 is 0 Å². The highest BCUT2D eigenvalue weighted by Gasteiger charge is 2.43. The summed E-state index contributed by atoms with van der Waals surface area (Å²) in [4.78, 5) is 4.65. The minimum Gasteiger partial charge on any atom is -0.493 e. The molecule has 23 heavy (non-hydrogen) atoms. The molecular weight excluding hydrogens is 290 g/mol. The minimum atomic E-state index is 0.408. The summed E-state index contributed by atoms with van der Waals surface area (Å²) in [6, 6.07) is 6.05. The zero-order valence-corrected chi connectivity index (χ0v) is 14.0. The third-order valence-corrected chi connectivity index (χ3v) is 5.02. The molecule has 0 heterocycles. The van der Waals surface area contributed by atoms with Crippen LogP contribution in [0.25, 0.3) is 0 Å². The van der Waals surface area contributed by atoms with Crippen molar-refractivity contribution < 1.29 is 9.47 Å². The molecule has 0 amide bonds. The van der Waals surface area contributed by atoms with Crippen molar-refractivity contribution in [3.05, 3.63) is 18.2 Å². The van der Waals surface area contributed by atoms with Crippen LogP contribution in [0, 0.1) is 11.8 Å². The summed E-state index contributed by atoms with van der Waals surface area (Å²) in [6.07, 6.45) is 8.12. The molecule has 5 heteroatoms. The molecule has 5 nitrogen and oxygen atoms in total. The summed E-state index contributed by atoms with van der Waals surface area (Å²) in [5.41, 5.74) is 6.93. The molecule has 0 saturated heterocycles. The predicted molar refractivity (Wildman–Crippen MR) is 93.3 cm³/mol. The smallest absolute Gasteiger partial charge is 0.193 e. The first kappa shape index (κ1) is 16.0. The van der Waals surface area contributed by atoms with Crippen molar-refractivity contribution in [2.75, 3.05) is 19.5 Å². The Balaban J connectivity index is 1.58. The van der Waals surface area contributed by atoms with E-state index < -0.39 is 0 Å². The van der Waals surface area contributed by atoms with Gasteiger partial charge in [-0.3, -0.25) is 0 Å². The summed E-state index contributed by atoms with van der Waals surface area (Å²) < 4.78 is 10.5. The summed E-state index contributed by atoms with van der Waals surface area (Å²) in [5, 5.41) is 3.15. The molecule has 0 bridgehead atoms. The molecule has 2 atom stereocenters. The minimum absolute atomic E-state index is 0.408. The van der Waals surface area contributed by atoms with E-state index in [0.29, 0.717) is 23.5 Å². The van der Waals surface area contributed by atoms with Gasteiger partial charge in [0.2, 0.25) is 0 Å². The standard InChI is InChI=1S/C18H27N3O2/c1-22-16-9-8-13(10-17(16)23-2)20-18(19)21-15-11-14(15)12-6-4-3-5-7-12/h8-10,12,14-15H,3-7,11H2,1-2H3,(H3,19,20,21). The SMILES string of the molecule is COc1ccc(NC(N)=NC2CC2C2CCCCC2)cc1OC. The lowest BCUT2D eigenvalue weighted by Crippen LogP contribution is -2.23. The van der Waals surface area contributed by atoms with E-state index in [4.69, 9.17) is 15.2 Å². The highest BCUT2D eigenvalue weighted by atomic mass is 16.5. The number of hydrogen-bond acceptors (Lipinski definition) is 3. The first-order valence-electron chi connectivity index (χ1n) is 8.53. The van der Waals surface area contributed by atoms with Gasteiger partial charge in [-0.05, 0) is 30.4 Å². The number of nitrogens with two attached hydrogens (primary N) is 1. The van der Waals surface area contributed by atoms with Gasteiger partial charge >= 0.3 is 0 Å². The van der Waals surface area contributed by atoms with Crippen LogP contribution < -0.4 is 20.5 Å². The van der Waals surface area contributed by atoms with Crippen molar-refractivity contribution in [3.63, 3.8) is 0 Å². The summed E-state index contributed by atoms with van der Waals surface area (Å²) in [7, 11) is 3.25. The average molecular weight is 317 g/mol. The van der Waals surface area contributed by atoms with E-state index in [1.807, 2.05) is 18.2 Å². The molecule has 2 unspecified atom stereocenters. The van der Waals surface area contributed by atoms with Crippen LogP contribution in [0.4, 0.5) is 5.69 Å². The molecule has 0 radical (unpaired) electrons. The van der Waals surface area contributed by atoms with Gasteiger partial charge in [-0.15, -0.1) is 0 Å². The van der Waals surface area contributed by atoms with Gasteiger partial charge in [-0.1, -0.05) is 32.1 Å². The fraction of sp³-hybridized carbons (Fsp3) is 0.611. The van der Waals surface area contributed by atoms with E-state index >= 15 is 0 Å². The van der Waals surface area contributed by atoms with E-state index in [1.54, 1.807) is 14.2 Å². The van der Waals surface area contributed by atoms with Gasteiger partial charge in [-0.2, -0.15) is 0 Å². The molecule has 3 N–H and O–H groups in total. The van der Waals surface area contributed by atoms with Crippen molar-refractivity contribution in [2.24, 2.45) is 22.6 Å². The Morgan fingerprint density at radius 1 is 1.13 bits per heavy atom. The largest absolute Gasteiger partial charge is 0.493 e. The number of nitrogens with zero attached hydrogens (tertiary/aromatic N) is 1. The average Bonchev–Trinajstić information content (AvgIpc) is 3.34. The second kappa shape index (κ2) is 7.11. The van der Waals surface area contributed by atoms with Crippen molar-refractivity contribution in [1.29, 1.82) is 0 Å². The number of ether oxygens (including phenoxy) is 2. The number of benzene rings is 1. The number of hydrogen-bond donors (Lipinski definition) is 2. The molecule has 0 aliphatic heterocycles. The van der Waals surface area contributed by atoms with Gasteiger partial charge in [0.05, 0.1) is 20.3 Å². The van der Waals surface area contributed by atoms with Crippen LogP contribution in [0.3, 0.4) is 0 Å². The fourth-order valence-electron chi connectivity index (χ4n) is 3.69. The normalized spacial score (nSPS) is 25.0. The number of methoxy groups -OCH3 is 2. The molecule has 1 aromatic carbocycles. The molecule has 0 spiro atoms. The third-order valence-electron chi connectivity index (χ3n) is 5.02. The number of aliphatic imine (C=N–C) groups is 1. The Bertz CT molecular complexity index is 567. The highest BCUT2D eigenvalue weighted by molar-refractivity contribution is 5.92. The van der Waals surface area contributed by atoms with Gasteiger partial charge in [-0.25, -0.2) is 4.99 Å². The highest BCUT2D eigenvalue weighted by Crippen LogP contribution is 2.46. The van der Waals surface area contributed by atoms with Gasteiger partial charge in [0.25, 0.3) is 0 Å². The van der Waals surface area contributed by atoms with Crippen LogP contribution in [0.15, 0.2) is 23.2 Å². The third kappa shape index (κ3) is 3.89. The van der Waals surface area contributed by atoms with E-state index in [1.165, 1.54) is 38.5 Å². The molecular formula is C18H27N3O2. The quantitative estimate of drug-likeness (QED) is 0.645. The van der Waals surface area contributed by atoms with Gasteiger partial charge in [0.15, 0.2) is 17.5 Å². The maximum absolute atomic E-state index is 6.07. The number of anilines is 1. The zero-order chi connectivity index (χ0) is 16.2. The molecule has 0 aromatic heterocycles. The molecule has 2 aliphatic carbocycles. The Labute approximate surface area is 138 Å². The van der Waals surface area contributed by atoms with Crippen LogP contribution in [0.2, 0.25) is 0 Å². The number of nitrogens with one attached hydrogen (secondary N) is 1. The molecule has 2 aliphatic rings. The maximum atomic E-state index is 6.07. The molecule has 126 valence electrons. The topological polar surface area (TPSA) is 68.9 Å². The fourth-order valence-corrected chi connectivity index (χ4v) is 3.69. The lowest BCUT2D eigenvalue weighted by molar-refractivity contribution is 0.318. The summed E-state index contributed by atoms with van der Waals surface area (Å²) >= 11 is 0. The monoisotopic (exact) mass is 317 g/mol. The molecule has 2 saturated carbocycles. The molecule has 2 fully saturated rings. The van der Waals surface area contributed by atoms with Crippen molar-refractivity contribution >= 4 is 11.6 Å². The maximum Gasteiger partial charge on any atom is 0.193 e. The van der Waals surface area contributed by atoms with Crippen LogP contribution in [0.1, 0.15) is 38.5 Å². The lowest BCUT2D eigenvalue weighted by atomic mass is 9.85. The van der Waals surface area contributed by atoms with E-state index in [0.717, 1.165) is 17.5 Å². The molecule has 3 rings (SSSR count). The van der Waals surface area contributed by atoms with Crippen LogP contribution in [-0.4, -0.2) is 26.2 Å². The van der Waals surface area contributed by atoms with Crippen molar-refractivity contribution in [2.45, 2.75) is 44.6 Å². The second-order valence-electron chi connectivity index (χ2n) is 6.57. The van der Waals surface area contributed by atoms with Crippen molar-refractivity contribution in [1.82, 2.24) is 0 Å². The van der Waals surface area contributed by atoms with E-state index in [2.05, 4.69) is 10.3 Å². The van der Waals surface area contributed by atoms with Crippen LogP contribution in [-0.2, 0) is 0 Å². The number of guanidine groups is 1. The molecule has 1 aromatic rings. The Hall–Kier alpha value is -1.91. The number of rotatable bonds is 5. The van der Waals surface area contributed by atoms with Gasteiger partial charge in [0.1, 0.15) is 0 Å². The van der Waals surface area contributed by atoms with E-state index in [9.17, 15) is 0 Å². The first-order valence-corrected chi connectivity index (χ1v) is 8.53. The predicted octanol–water partition coefficient (Wildman–Crippen LogP) is 3.40. The van der Waals surface area contributed by atoms with Crippen molar-refractivity contribution in [3.8, 4) is 11.5 Å². The second-order valence-corrected chi connectivity index (χ2v) is 6.57. The first-order chi connectivity index (χ1) is 11.2. The zero-order valence-electron chi connectivity index (χ0n) is 14.0. The Morgan fingerprint density at radius 2 is 1.87 bits per heavy atom.